The second-order valence-corrected chi connectivity index (χ2v) is 10.0. The Morgan fingerprint density at radius 3 is 2.50 bits per heavy atom. The predicted octanol–water partition coefficient (Wildman–Crippen LogP) is 5.09. The van der Waals surface area contributed by atoms with Crippen molar-refractivity contribution in [1.29, 1.82) is 0 Å². The molecule has 0 aromatic heterocycles. The number of allylic oxidation sites excluding steroid dienone is 2. The summed E-state index contributed by atoms with van der Waals surface area (Å²) in [6, 6.07) is 0. The van der Waals surface area contributed by atoms with Crippen molar-refractivity contribution < 1.29 is 14.3 Å². The van der Waals surface area contributed by atoms with Gasteiger partial charge in [-0.2, -0.15) is 0 Å². The van der Waals surface area contributed by atoms with E-state index in [1.807, 2.05) is 0 Å². The van der Waals surface area contributed by atoms with Crippen molar-refractivity contribution in [2.24, 2.45) is 34.5 Å². The molecule has 0 saturated heterocycles. The summed E-state index contributed by atoms with van der Waals surface area (Å²) in [5.74, 6) is 3.03. The Bertz CT molecular complexity index is 650. The Kier molecular flexibility index (Phi) is 4.36. The number of rotatable bonds is 2. The van der Waals surface area contributed by atoms with Crippen LogP contribution in [0.15, 0.2) is 11.6 Å². The summed E-state index contributed by atoms with van der Waals surface area (Å²) in [5, 5.41) is 0. The standard InChI is InChI=1S/C23H34O3/c1-14(24)19-7-8-20-18-6-5-16-13-17(26-15(2)25)9-11-22(16,3)21(18)10-12-23(19,20)4/h7,16-18,20-21H,5-6,8-13H2,1-4H3/t16-,17-,18?,20-,21?,22-,23+/m0/s1. The van der Waals surface area contributed by atoms with Crippen molar-refractivity contribution in [2.75, 3.05) is 0 Å². The fourth-order valence-corrected chi connectivity index (χ4v) is 7.67. The van der Waals surface area contributed by atoms with Gasteiger partial charge in [0.25, 0.3) is 0 Å². The maximum absolute atomic E-state index is 12.2. The zero-order valence-corrected chi connectivity index (χ0v) is 16.8. The van der Waals surface area contributed by atoms with Crippen LogP contribution in [0.25, 0.3) is 0 Å². The van der Waals surface area contributed by atoms with Gasteiger partial charge in [-0.05, 0) is 98.4 Å². The van der Waals surface area contributed by atoms with Crippen LogP contribution in [0.4, 0.5) is 0 Å². The Labute approximate surface area is 157 Å². The molecule has 0 aliphatic heterocycles. The Balaban J connectivity index is 1.54. The Morgan fingerprint density at radius 1 is 1.04 bits per heavy atom. The van der Waals surface area contributed by atoms with Crippen molar-refractivity contribution >= 4 is 11.8 Å². The molecule has 0 amide bonds. The van der Waals surface area contributed by atoms with Crippen LogP contribution in [0, 0.1) is 34.5 Å². The smallest absolute Gasteiger partial charge is 0.302 e. The molecular formula is C23H34O3. The van der Waals surface area contributed by atoms with E-state index in [-0.39, 0.29) is 23.3 Å². The summed E-state index contributed by atoms with van der Waals surface area (Å²) in [4.78, 5) is 23.5. The summed E-state index contributed by atoms with van der Waals surface area (Å²) in [6.45, 7) is 8.17. The van der Waals surface area contributed by atoms with Gasteiger partial charge in [0.05, 0.1) is 0 Å². The lowest BCUT2D eigenvalue weighted by molar-refractivity contribution is -0.159. The zero-order chi connectivity index (χ0) is 18.7. The lowest BCUT2D eigenvalue weighted by atomic mass is 9.44. The van der Waals surface area contributed by atoms with Crippen molar-refractivity contribution in [3.05, 3.63) is 11.6 Å². The molecule has 26 heavy (non-hydrogen) atoms. The van der Waals surface area contributed by atoms with E-state index in [1.54, 1.807) is 6.92 Å². The SMILES string of the molecule is CC(=O)O[C@H]1CC[C@]2(C)C3CC[C@]4(C)C(C(C)=O)=CC[C@H]4C3CC[C@H]2C1. The lowest BCUT2D eigenvalue weighted by Gasteiger charge is -2.60. The van der Waals surface area contributed by atoms with Gasteiger partial charge < -0.3 is 4.74 Å². The number of fused-ring (bicyclic) bond motifs is 5. The third-order valence-electron chi connectivity index (χ3n) is 8.91. The second-order valence-electron chi connectivity index (χ2n) is 10.0. The molecule has 4 aliphatic carbocycles. The largest absolute Gasteiger partial charge is 0.463 e. The minimum absolute atomic E-state index is 0.116. The van der Waals surface area contributed by atoms with E-state index in [1.165, 1.54) is 39.0 Å². The predicted molar refractivity (Wildman–Crippen MR) is 101 cm³/mol. The molecule has 2 unspecified atom stereocenters. The molecule has 0 aromatic rings. The second kappa shape index (κ2) is 6.21. The number of esters is 1. The molecule has 0 spiro atoms. The van der Waals surface area contributed by atoms with Gasteiger partial charge in [0.1, 0.15) is 6.10 Å². The maximum atomic E-state index is 12.2. The molecule has 0 aromatic carbocycles. The van der Waals surface area contributed by atoms with E-state index in [4.69, 9.17) is 4.74 Å². The first-order valence-corrected chi connectivity index (χ1v) is 10.6. The minimum Gasteiger partial charge on any atom is -0.463 e. The Morgan fingerprint density at radius 2 is 1.81 bits per heavy atom. The van der Waals surface area contributed by atoms with Crippen LogP contribution in [-0.4, -0.2) is 17.9 Å². The van der Waals surface area contributed by atoms with Gasteiger partial charge >= 0.3 is 5.97 Å². The number of carbonyl (C=O) groups is 2. The van der Waals surface area contributed by atoms with Crippen molar-refractivity contribution in [3.8, 4) is 0 Å². The number of ketones is 1. The average molecular weight is 359 g/mol. The molecular weight excluding hydrogens is 324 g/mol. The van der Waals surface area contributed by atoms with Crippen molar-refractivity contribution in [1.82, 2.24) is 0 Å². The topological polar surface area (TPSA) is 43.4 Å². The van der Waals surface area contributed by atoms with Gasteiger partial charge in [0.15, 0.2) is 5.78 Å². The summed E-state index contributed by atoms with van der Waals surface area (Å²) in [5.41, 5.74) is 1.62. The first kappa shape index (κ1) is 18.3. The molecule has 0 bridgehead atoms. The van der Waals surface area contributed by atoms with Gasteiger partial charge in [-0.15, -0.1) is 0 Å². The van der Waals surface area contributed by atoms with Crippen LogP contribution >= 0.6 is 0 Å². The number of hydrogen-bond donors (Lipinski definition) is 0. The van der Waals surface area contributed by atoms with E-state index >= 15 is 0 Å². The van der Waals surface area contributed by atoms with Gasteiger partial charge in [-0.1, -0.05) is 19.9 Å². The number of hydrogen-bond acceptors (Lipinski definition) is 3. The average Bonchev–Trinajstić information content (AvgIpc) is 2.92. The highest BCUT2D eigenvalue weighted by molar-refractivity contribution is 5.95. The fourth-order valence-electron chi connectivity index (χ4n) is 7.67. The van der Waals surface area contributed by atoms with Crippen LogP contribution in [0.5, 0.6) is 0 Å². The normalized spacial score (nSPS) is 47.2. The molecule has 3 nitrogen and oxygen atoms in total. The van der Waals surface area contributed by atoms with Gasteiger partial charge in [0, 0.05) is 6.92 Å². The molecule has 4 aliphatic rings. The Hall–Kier alpha value is -1.12. The van der Waals surface area contributed by atoms with Crippen LogP contribution in [-0.2, 0) is 14.3 Å². The highest BCUT2D eigenvalue weighted by Gasteiger charge is 2.59. The summed E-state index contributed by atoms with van der Waals surface area (Å²) >= 11 is 0. The van der Waals surface area contributed by atoms with E-state index in [0.717, 1.165) is 36.7 Å². The quantitative estimate of drug-likeness (QED) is 0.646. The lowest BCUT2D eigenvalue weighted by Crippen LogP contribution is -2.54. The molecule has 144 valence electrons. The molecule has 0 radical (unpaired) electrons. The van der Waals surface area contributed by atoms with Crippen LogP contribution in [0.3, 0.4) is 0 Å². The fraction of sp³-hybridized carbons (Fsp3) is 0.826. The number of ether oxygens (including phenoxy) is 1. The van der Waals surface area contributed by atoms with E-state index < -0.39 is 0 Å². The van der Waals surface area contributed by atoms with Crippen LogP contribution in [0.1, 0.15) is 79.1 Å². The molecule has 0 heterocycles. The van der Waals surface area contributed by atoms with E-state index in [9.17, 15) is 9.59 Å². The number of Topliss-reactive ketones (excluding diaryl/α,β-unsaturated/α-hetero) is 1. The van der Waals surface area contributed by atoms with Gasteiger partial charge in [-0.3, -0.25) is 9.59 Å². The summed E-state index contributed by atoms with van der Waals surface area (Å²) in [7, 11) is 0. The third kappa shape index (κ3) is 2.60. The van der Waals surface area contributed by atoms with E-state index in [2.05, 4.69) is 19.9 Å². The monoisotopic (exact) mass is 358 g/mol. The van der Waals surface area contributed by atoms with Crippen molar-refractivity contribution in [3.63, 3.8) is 0 Å². The first-order chi connectivity index (χ1) is 12.3. The van der Waals surface area contributed by atoms with Crippen LogP contribution < -0.4 is 0 Å². The highest BCUT2D eigenvalue weighted by atomic mass is 16.5. The van der Waals surface area contributed by atoms with E-state index in [0.29, 0.717) is 17.3 Å². The summed E-state index contributed by atoms with van der Waals surface area (Å²) < 4.78 is 5.56. The zero-order valence-electron chi connectivity index (χ0n) is 16.8. The number of carbonyl (C=O) groups excluding carboxylic acids is 2. The van der Waals surface area contributed by atoms with Crippen LogP contribution in [0.2, 0.25) is 0 Å². The highest BCUT2D eigenvalue weighted by Crippen LogP contribution is 2.66. The molecule has 3 saturated carbocycles. The molecule has 0 N–H and O–H groups in total. The maximum Gasteiger partial charge on any atom is 0.302 e. The first-order valence-electron chi connectivity index (χ1n) is 10.6. The van der Waals surface area contributed by atoms with Gasteiger partial charge in [0.2, 0.25) is 0 Å². The minimum atomic E-state index is -0.130. The van der Waals surface area contributed by atoms with Gasteiger partial charge in [-0.25, -0.2) is 0 Å². The third-order valence-corrected chi connectivity index (χ3v) is 8.91. The summed E-state index contributed by atoms with van der Waals surface area (Å²) in [6.07, 6.45) is 11.7. The molecule has 4 rings (SSSR count). The van der Waals surface area contributed by atoms with Crippen molar-refractivity contribution in [2.45, 2.75) is 85.2 Å². The molecule has 3 heteroatoms. The molecule has 7 atom stereocenters. The molecule has 3 fully saturated rings.